The highest BCUT2D eigenvalue weighted by molar-refractivity contribution is 14.1. The zero-order valence-electron chi connectivity index (χ0n) is 9.32. The van der Waals surface area contributed by atoms with Crippen LogP contribution in [0.2, 0.25) is 0 Å². The van der Waals surface area contributed by atoms with E-state index < -0.39 is 22.2 Å². The second kappa shape index (κ2) is 5.51. The number of rotatable bonds is 4. The number of nitro benzene ring substituents is 1. The Bertz CT molecular complexity index is 630. The fourth-order valence-corrected chi connectivity index (χ4v) is 1.96. The second-order valence-electron chi connectivity index (χ2n) is 3.60. The minimum absolute atomic E-state index is 0.0619. The Morgan fingerprint density at radius 1 is 1.37 bits per heavy atom. The average molecular weight is 380 g/mol. The van der Waals surface area contributed by atoms with Crippen molar-refractivity contribution in [2.24, 2.45) is 0 Å². The van der Waals surface area contributed by atoms with Crippen molar-refractivity contribution < 1.29 is 18.1 Å². The predicted molar refractivity (Wildman–Crippen MR) is 71.8 cm³/mol. The fraction of sp³-hybridized carbons (Fsp3) is 0.0909. The Hall–Kier alpha value is -1.71. The third-order valence-electron chi connectivity index (χ3n) is 2.30. The molecule has 0 unspecified atom stereocenters. The van der Waals surface area contributed by atoms with Gasteiger partial charge in [0.1, 0.15) is 17.3 Å². The van der Waals surface area contributed by atoms with Crippen LogP contribution in [0.15, 0.2) is 28.7 Å². The molecule has 2 rings (SSSR count). The first-order valence-electron chi connectivity index (χ1n) is 5.09. The molecule has 1 aromatic heterocycles. The second-order valence-corrected chi connectivity index (χ2v) is 4.66. The number of furan rings is 1. The molecule has 0 aliphatic carbocycles. The highest BCUT2D eigenvalue weighted by Crippen LogP contribution is 2.29. The van der Waals surface area contributed by atoms with Gasteiger partial charge in [-0.2, -0.15) is 0 Å². The summed E-state index contributed by atoms with van der Waals surface area (Å²) in [6.45, 7) is 0.0619. The summed E-state index contributed by atoms with van der Waals surface area (Å²) >= 11 is 1.96. The first kappa shape index (κ1) is 13.7. The van der Waals surface area contributed by atoms with Crippen LogP contribution >= 0.6 is 22.6 Å². The van der Waals surface area contributed by atoms with E-state index in [1.807, 2.05) is 22.6 Å². The highest BCUT2D eigenvalue weighted by atomic mass is 127. The van der Waals surface area contributed by atoms with Gasteiger partial charge in [-0.15, -0.1) is 0 Å². The molecule has 1 aromatic carbocycles. The summed E-state index contributed by atoms with van der Waals surface area (Å²) in [5, 5.41) is 13.3. The van der Waals surface area contributed by atoms with E-state index in [0.717, 1.165) is 0 Å². The number of hydrogen-bond acceptors (Lipinski definition) is 4. The quantitative estimate of drug-likeness (QED) is 0.499. The summed E-state index contributed by atoms with van der Waals surface area (Å²) < 4.78 is 32.4. The Balaban J connectivity index is 2.26. The van der Waals surface area contributed by atoms with Crippen LogP contribution in [-0.4, -0.2) is 4.92 Å². The van der Waals surface area contributed by atoms with Crippen LogP contribution in [0, 0.1) is 25.5 Å². The lowest BCUT2D eigenvalue weighted by atomic mass is 10.2. The SMILES string of the molecule is O=[N+]([O-])c1cc(F)cc(F)c1NCc1ccc(I)o1. The minimum atomic E-state index is -1.02. The van der Waals surface area contributed by atoms with Gasteiger partial charge in [-0.3, -0.25) is 10.1 Å². The molecule has 100 valence electrons. The van der Waals surface area contributed by atoms with Crippen LogP contribution in [0.4, 0.5) is 20.2 Å². The van der Waals surface area contributed by atoms with Crippen LogP contribution < -0.4 is 5.32 Å². The van der Waals surface area contributed by atoms with E-state index in [2.05, 4.69) is 5.32 Å². The van der Waals surface area contributed by atoms with E-state index in [0.29, 0.717) is 21.7 Å². The third kappa shape index (κ3) is 3.19. The Morgan fingerprint density at radius 2 is 2.11 bits per heavy atom. The van der Waals surface area contributed by atoms with Gasteiger partial charge in [-0.1, -0.05) is 0 Å². The summed E-state index contributed by atoms with van der Waals surface area (Å²) in [6, 6.07) is 4.60. The van der Waals surface area contributed by atoms with E-state index in [-0.39, 0.29) is 12.2 Å². The number of benzene rings is 1. The lowest BCUT2D eigenvalue weighted by Crippen LogP contribution is -2.05. The van der Waals surface area contributed by atoms with Crippen molar-refractivity contribution in [3.8, 4) is 0 Å². The summed E-state index contributed by atoms with van der Waals surface area (Å²) in [4.78, 5) is 9.90. The van der Waals surface area contributed by atoms with Crippen molar-refractivity contribution in [1.82, 2.24) is 0 Å². The number of halogens is 3. The lowest BCUT2D eigenvalue weighted by Gasteiger charge is -2.06. The summed E-state index contributed by atoms with van der Waals surface area (Å²) in [6.07, 6.45) is 0. The molecule has 0 fully saturated rings. The van der Waals surface area contributed by atoms with Gasteiger partial charge in [0, 0.05) is 6.07 Å². The van der Waals surface area contributed by atoms with Crippen LogP contribution in [0.5, 0.6) is 0 Å². The number of anilines is 1. The zero-order valence-corrected chi connectivity index (χ0v) is 11.5. The molecule has 0 bridgehead atoms. The Kier molecular flexibility index (Phi) is 3.98. The number of nitrogens with zero attached hydrogens (tertiary/aromatic N) is 1. The first-order valence-corrected chi connectivity index (χ1v) is 6.17. The zero-order chi connectivity index (χ0) is 14.0. The third-order valence-corrected chi connectivity index (χ3v) is 2.88. The van der Waals surface area contributed by atoms with E-state index in [4.69, 9.17) is 4.42 Å². The molecule has 0 saturated heterocycles. The molecule has 0 spiro atoms. The monoisotopic (exact) mass is 380 g/mol. The van der Waals surface area contributed by atoms with E-state index >= 15 is 0 Å². The molecule has 1 N–H and O–H groups in total. The fourth-order valence-electron chi connectivity index (χ4n) is 1.50. The van der Waals surface area contributed by atoms with Crippen molar-refractivity contribution in [3.05, 3.63) is 55.5 Å². The summed E-state index contributed by atoms with van der Waals surface area (Å²) in [7, 11) is 0. The molecule has 2 aromatic rings. The van der Waals surface area contributed by atoms with Gasteiger partial charge in [0.05, 0.1) is 17.5 Å². The van der Waals surface area contributed by atoms with Crippen LogP contribution in [0.1, 0.15) is 5.76 Å². The van der Waals surface area contributed by atoms with Crippen molar-refractivity contribution in [1.29, 1.82) is 0 Å². The lowest BCUT2D eigenvalue weighted by molar-refractivity contribution is -0.384. The van der Waals surface area contributed by atoms with Crippen molar-refractivity contribution in [3.63, 3.8) is 0 Å². The normalized spacial score (nSPS) is 10.5. The number of nitro groups is 1. The maximum absolute atomic E-state index is 13.5. The standard InChI is InChI=1S/C11H7F2IN2O3/c12-6-3-8(13)11(9(4-6)16(17)18)15-5-7-1-2-10(14)19-7/h1-4,15H,5H2. The van der Waals surface area contributed by atoms with Crippen molar-refractivity contribution >= 4 is 34.0 Å². The molecular formula is C11H7F2IN2O3. The van der Waals surface area contributed by atoms with Gasteiger partial charge in [0.15, 0.2) is 9.58 Å². The van der Waals surface area contributed by atoms with Crippen LogP contribution in [-0.2, 0) is 6.54 Å². The molecule has 0 atom stereocenters. The highest BCUT2D eigenvalue weighted by Gasteiger charge is 2.20. The van der Waals surface area contributed by atoms with Gasteiger partial charge >= 0.3 is 0 Å². The molecule has 1 heterocycles. The van der Waals surface area contributed by atoms with E-state index in [9.17, 15) is 18.9 Å². The maximum atomic E-state index is 13.5. The maximum Gasteiger partial charge on any atom is 0.298 e. The Morgan fingerprint density at radius 3 is 2.68 bits per heavy atom. The predicted octanol–water partition coefficient (Wildman–Crippen LogP) is 3.68. The van der Waals surface area contributed by atoms with Gasteiger partial charge in [0.25, 0.3) is 5.69 Å². The molecule has 19 heavy (non-hydrogen) atoms. The molecule has 0 amide bonds. The molecular weight excluding hydrogens is 373 g/mol. The Labute approximate surface area is 119 Å². The van der Waals surface area contributed by atoms with Crippen molar-refractivity contribution in [2.75, 3.05) is 5.32 Å². The van der Waals surface area contributed by atoms with E-state index in [1.54, 1.807) is 12.1 Å². The van der Waals surface area contributed by atoms with Gasteiger partial charge in [-0.25, -0.2) is 8.78 Å². The summed E-state index contributed by atoms with van der Waals surface area (Å²) in [5.41, 5.74) is -1.02. The van der Waals surface area contributed by atoms with Gasteiger partial charge < -0.3 is 9.73 Å². The average Bonchev–Trinajstić information content (AvgIpc) is 2.73. The van der Waals surface area contributed by atoms with Gasteiger partial charge in [-0.05, 0) is 34.7 Å². The topological polar surface area (TPSA) is 68.3 Å². The molecule has 0 radical (unpaired) electrons. The molecule has 5 nitrogen and oxygen atoms in total. The largest absolute Gasteiger partial charge is 0.454 e. The van der Waals surface area contributed by atoms with Crippen LogP contribution in [0.3, 0.4) is 0 Å². The summed E-state index contributed by atoms with van der Waals surface area (Å²) in [5.74, 6) is -1.53. The molecule has 0 aliphatic rings. The smallest absolute Gasteiger partial charge is 0.298 e. The first-order chi connectivity index (χ1) is 8.97. The number of nitrogens with one attached hydrogen (secondary N) is 1. The molecule has 0 saturated carbocycles. The minimum Gasteiger partial charge on any atom is -0.454 e. The molecule has 8 heteroatoms. The van der Waals surface area contributed by atoms with E-state index in [1.165, 1.54) is 0 Å². The van der Waals surface area contributed by atoms with Crippen LogP contribution in [0.25, 0.3) is 0 Å². The molecule has 0 aliphatic heterocycles. The van der Waals surface area contributed by atoms with Gasteiger partial charge in [0.2, 0.25) is 0 Å². The van der Waals surface area contributed by atoms with Crippen molar-refractivity contribution in [2.45, 2.75) is 6.54 Å². The number of hydrogen-bond donors (Lipinski definition) is 1.